The fourth-order valence-electron chi connectivity index (χ4n) is 1.91. The average molecular weight is 284 g/mol. The Morgan fingerprint density at radius 3 is 3.00 bits per heavy atom. The molecule has 0 unspecified atom stereocenters. The molecule has 0 fully saturated rings. The van der Waals surface area contributed by atoms with Crippen molar-refractivity contribution in [1.29, 1.82) is 0 Å². The van der Waals surface area contributed by atoms with Crippen LogP contribution in [0.25, 0.3) is 5.69 Å². The molecule has 1 aromatic carbocycles. The Morgan fingerprint density at radius 1 is 1.35 bits per heavy atom. The molecule has 0 saturated carbocycles. The first-order chi connectivity index (χ1) is 9.84. The van der Waals surface area contributed by atoms with Crippen molar-refractivity contribution in [3.8, 4) is 5.69 Å². The van der Waals surface area contributed by atoms with Gasteiger partial charge >= 0.3 is 0 Å². The van der Waals surface area contributed by atoms with E-state index in [1.807, 2.05) is 35.0 Å². The smallest absolute Gasteiger partial charge is 0.254 e. The lowest BCUT2D eigenvalue weighted by molar-refractivity contribution is 0.0951. The molecule has 2 aromatic heterocycles. The highest BCUT2D eigenvalue weighted by molar-refractivity contribution is 7.03. The summed E-state index contributed by atoms with van der Waals surface area (Å²) in [6, 6.07) is 7.90. The fourth-order valence-corrected chi connectivity index (χ4v) is 2.43. The molecule has 2 heterocycles. The summed E-state index contributed by atoms with van der Waals surface area (Å²) in [6.45, 7) is 0.461. The molecular weight excluding hydrogens is 272 g/mol. The van der Waals surface area contributed by atoms with E-state index in [9.17, 15) is 4.79 Å². The van der Waals surface area contributed by atoms with E-state index in [0.717, 1.165) is 11.3 Å². The highest BCUT2D eigenvalue weighted by Crippen LogP contribution is 2.14. The van der Waals surface area contributed by atoms with Gasteiger partial charge in [0.1, 0.15) is 0 Å². The maximum Gasteiger partial charge on any atom is 0.254 e. The van der Waals surface area contributed by atoms with Crippen molar-refractivity contribution >= 4 is 17.4 Å². The van der Waals surface area contributed by atoms with Crippen LogP contribution in [-0.2, 0) is 6.54 Å². The number of carbonyl (C=O) groups is 1. The van der Waals surface area contributed by atoms with Gasteiger partial charge in [-0.15, -0.1) is 0 Å². The van der Waals surface area contributed by atoms with E-state index >= 15 is 0 Å². The molecular formula is C14H12N4OS. The molecule has 0 aliphatic heterocycles. The maximum atomic E-state index is 11.9. The number of benzene rings is 1. The van der Waals surface area contributed by atoms with Crippen molar-refractivity contribution < 1.29 is 4.79 Å². The molecule has 0 spiro atoms. The van der Waals surface area contributed by atoms with Crippen LogP contribution in [0.2, 0.25) is 0 Å². The van der Waals surface area contributed by atoms with Gasteiger partial charge in [-0.25, -0.2) is 9.36 Å². The summed E-state index contributed by atoms with van der Waals surface area (Å²) in [5.41, 5.74) is 2.63. The highest BCUT2D eigenvalue weighted by Gasteiger charge is 2.08. The molecule has 0 radical (unpaired) electrons. The van der Waals surface area contributed by atoms with Crippen LogP contribution in [0, 0.1) is 0 Å². The Morgan fingerprint density at radius 2 is 2.25 bits per heavy atom. The zero-order chi connectivity index (χ0) is 13.8. The van der Waals surface area contributed by atoms with E-state index in [2.05, 4.69) is 14.7 Å². The third-order valence-electron chi connectivity index (χ3n) is 2.91. The highest BCUT2D eigenvalue weighted by atomic mass is 32.1. The van der Waals surface area contributed by atoms with E-state index < -0.39 is 0 Å². The number of nitrogens with zero attached hydrogens (tertiary/aromatic N) is 3. The molecule has 1 amide bonds. The second kappa shape index (κ2) is 5.66. The van der Waals surface area contributed by atoms with Gasteiger partial charge in [0.25, 0.3) is 5.91 Å². The summed E-state index contributed by atoms with van der Waals surface area (Å²) in [4.78, 5) is 16.0. The van der Waals surface area contributed by atoms with Gasteiger partial charge in [-0.3, -0.25) is 4.79 Å². The fraction of sp³-hybridized carbons (Fsp3) is 0.0714. The monoisotopic (exact) mass is 284 g/mol. The number of hydrogen-bond donors (Lipinski definition) is 1. The topological polar surface area (TPSA) is 59.8 Å². The largest absolute Gasteiger partial charge is 0.348 e. The van der Waals surface area contributed by atoms with Gasteiger partial charge in [0, 0.05) is 24.3 Å². The van der Waals surface area contributed by atoms with Crippen molar-refractivity contribution in [2.24, 2.45) is 0 Å². The van der Waals surface area contributed by atoms with Crippen LogP contribution < -0.4 is 5.32 Å². The number of rotatable bonds is 4. The number of carbonyl (C=O) groups excluding carboxylic acids is 1. The summed E-state index contributed by atoms with van der Waals surface area (Å²) in [5.74, 6) is -0.112. The first-order valence-electron chi connectivity index (χ1n) is 6.08. The Labute approximate surface area is 120 Å². The van der Waals surface area contributed by atoms with Crippen LogP contribution in [0.1, 0.15) is 15.9 Å². The normalized spacial score (nSPS) is 10.4. The minimum atomic E-state index is -0.112. The van der Waals surface area contributed by atoms with Crippen LogP contribution in [0.3, 0.4) is 0 Å². The van der Waals surface area contributed by atoms with Gasteiger partial charge in [-0.1, -0.05) is 18.2 Å². The van der Waals surface area contributed by atoms with E-state index in [0.29, 0.717) is 12.1 Å². The summed E-state index contributed by atoms with van der Waals surface area (Å²) >= 11 is 1.27. The Hall–Kier alpha value is -2.47. The predicted molar refractivity (Wildman–Crippen MR) is 76.8 cm³/mol. The summed E-state index contributed by atoms with van der Waals surface area (Å²) in [7, 11) is 0. The van der Waals surface area contributed by atoms with Crippen molar-refractivity contribution in [3.05, 3.63) is 65.7 Å². The second-order valence-corrected chi connectivity index (χ2v) is 4.85. The van der Waals surface area contributed by atoms with E-state index in [1.54, 1.807) is 24.1 Å². The summed E-state index contributed by atoms with van der Waals surface area (Å²) in [5, 5.41) is 4.63. The van der Waals surface area contributed by atoms with Crippen molar-refractivity contribution in [2.45, 2.75) is 6.54 Å². The molecule has 0 bridgehead atoms. The van der Waals surface area contributed by atoms with Crippen molar-refractivity contribution in [2.75, 3.05) is 0 Å². The molecule has 3 aromatic rings. The minimum absolute atomic E-state index is 0.112. The lowest BCUT2D eigenvalue weighted by Gasteiger charge is -2.10. The Kier molecular flexibility index (Phi) is 3.56. The van der Waals surface area contributed by atoms with Crippen molar-refractivity contribution in [1.82, 2.24) is 19.2 Å². The lowest BCUT2D eigenvalue weighted by Crippen LogP contribution is -2.23. The first-order valence-corrected chi connectivity index (χ1v) is 6.92. The molecule has 20 heavy (non-hydrogen) atoms. The number of aromatic nitrogens is 3. The minimum Gasteiger partial charge on any atom is -0.348 e. The standard InChI is InChI=1S/C14H12N4OS/c19-14(12-8-17-20-9-12)16-7-11-3-1-2-4-13(11)18-6-5-15-10-18/h1-6,8-10H,7H2,(H,16,19). The molecule has 100 valence electrons. The lowest BCUT2D eigenvalue weighted by atomic mass is 10.1. The van der Waals surface area contributed by atoms with E-state index in [1.165, 1.54) is 11.5 Å². The first kappa shape index (κ1) is 12.6. The Bertz CT molecular complexity index is 692. The van der Waals surface area contributed by atoms with Crippen molar-refractivity contribution in [3.63, 3.8) is 0 Å². The van der Waals surface area contributed by atoms with E-state index in [-0.39, 0.29) is 5.91 Å². The Balaban J connectivity index is 1.77. The van der Waals surface area contributed by atoms with Crippen LogP contribution in [0.5, 0.6) is 0 Å². The third kappa shape index (κ3) is 2.60. The predicted octanol–water partition coefficient (Wildman–Crippen LogP) is 2.26. The average Bonchev–Trinajstić information content (AvgIpc) is 3.17. The van der Waals surface area contributed by atoms with Gasteiger partial charge in [0.05, 0.1) is 23.8 Å². The van der Waals surface area contributed by atoms with Gasteiger partial charge in [0.15, 0.2) is 0 Å². The number of hydrogen-bond acceptors (Lipinski definition) is 4. The molecule has 0 saturated heterocycles. The van der Waals surface area contributed by atoms with E-state index in [4.69, 9.17) is 0 Å². The SMILES string of the molecule is O=C(NCc1ccccc1-n1ccnc1)c1cnsc1. The molecule has 1 N–H and O–H groups in total. The molecule has 0 aliphatic rings. The van der Waals surface area contributed by atoms with Gasteiger partial charge < -0.3 is 9.88 Å². The molecule has 0 aliphatic carbocycles. The number of amides is 1. The zero-order valence-corrected chi connectivity index (χ0v) is 11.4. The van der Waals surface area contributed by atoms with Crippen LogP contribution >= 0.6 is 11.5 Å². The van der Waals surface area contributed by atoms with Crippen LogP contribution in [0.4, 0.5) is 0 Å². The molecule has 3 rings (SSSR count). The van der Waals surface area contributed by atoms with Crippen LogP contribution in [0.15, 0.2) is 54.6 Å². The molecule has 6 heteroatoms. The molecule has 0 atom stereocenters. The van der Waals surface area contributed by atoms with Gasteiger partial charge in [-0.05, 0) is 23.2 Å². The maximum absolute atomic E-state index is 11.9. The van der Waals surface area contributed by atoms with Gasteiger partial charge in [0.2, 0.25) is 0 Å². The second-order valence-electron chi connectivity index (χ2n) is 4.19. The summed E-state index contributed by atoms with van der Waals surface area (Å²) in [6.07, 6.45) is 6.92. The number of nitrogens with one attached hydrogen (secondary N) is 1. The quantitative estimate of drug-likeness (QED) is 0.799. The van der Waals surface area contributed by atoms with Crippen LogP contribution in [-0.4, -0.2) is 19.8 Å². The molecule has 5 nitrogen and oxygen atoms in total. The number of para-hydroxylation sites is 1. The third-order valence-corrected chi connectivity index (χ3v) is 3.49. The van der Waals surface area contributed by atoms with Gasteiger partial charge in [-0.2, -0.15) is 0 Å². The zero-order valence-electron chi connectivity index (χ0n) is 10.6. The number of imidazole rings is 1. The summed E-state index contributed by atoms with van der Waals surface area (Å²) < 4.78 is 5.85.